The van der Waals surface area contributed by atoms with E-state index in [4.69, 9.17) is 10.00 Å². The van der Waals surface area contributed by atoms with Crippen LogP contribution in [-0.4, -0.2) is 17.5 Å². The van der Waals surface area contributed by atoms with E-state index in [1.807, 2.05) is 19.1 Å². The van der Waals surface area contributed by atoms with E-state index in [1.54, 1.807) is 48.5 Å². The summed E-state index contributed by atoms with van der Waals surface area (Å²) in [5, 5.41) is 14.8. The van der Waals surface area contributed by atoms with Gasteiger partial charge in [-0.3, -0.25) is 4.79 Å². The van der Waals surface area contributed by atoms with Gasteiger partial charge in [-0.15, -0.1) is 0 Å². The Balaban J connectivity index is 1.61. The smallest absolute Gasteiger partial charge is 0.257 e. The summed E-state index contributed by atoms with van der Waals surface area (Å²) in [6.45, 7) is 2.52. The van der Waals surface area contributed by atoms with Crippen molar-refractivity contribution < 1.29 is 9.53 Å². The Morgan fingerprint density at radius 2 is 1.74 bits per heavy atom. The van der Waals surface area contributed by atoms with Gasteiger partial charge < -0.3 is 15.4 Å². The lowest BCUT2D eigenvalue weighted by Gasteiger charge is -2.08. The van der Waals surface area contributed by atoms with Crippen LogP contribution in [-0.2, 0) is 0 Å². The van der Waals surface area contributed by atoms with E-state index in [9.17, 15) is 4.79 Å². The lowest BCUT2D eigenvalue weighted by molar-refractivity contribution is 0.102. The normalized spacial score (nSPS) is 9.93. The van der Waals surface area contributed by atoms with E-state index < -0.39 is 0 Å². The maximum Gasteiger partial charge on any atom is 0.257 e. The first-order valence-electron chi connectivity index (χ1n) is 8.45. The van der Waals surface area contributed by atoms with Crippen LogP contribution in [0.1, 0.15) is 22.8 Å². The second-order valence-corrected chi connectivity index (χ2v) is 5.66. The molecule has 0 saturated heterocycles. The first-order valence-corrected chi connectivity index (χ1v) is 8.45. The molecule has 0 unspecified atom stereocenters. The summed E-state index contributed by atoms with van der Waals surface area (Å²) in [5.41, 5.74) is 2.54. The Labute approximate surface area is 157 Å². The molecule has 0 fully saturated rings. The molecule has 3 aromatic rings. The second kappa shape index (κ2) is 8.50. The largest absolute Gasteiger partial charge is 0.494 e. The number of hydrogen-bond donors (Lipinski definition) is 2. The Morgan fingerprint density at radius 3 is 2.33 bits per heavy atom. The molecule has 0 bridgehead atoms. The number of carbonyl (C=O) groups is 1. The zero-order valence-corrected chi connectivity index (χ0v) is 14.8. The molecular weight excluding hydrogens is 340 g/mol. The zero-order chi connectivity index (χ0) is 19.1. The first-order chi connectivity index (χ1) is 13.2. The van der Waals surface area contributed by atoms with Crippen molar-refractivity contribution >= 4 is 23.1 Å². The minimum absolute atomic E-state index is 0.239. The van der Waals surface area contributed by atoms with Crippen molar-refractivity contribution in [1.82, 2.24) is 4.98 Å². The van der Waals surface area contributed by atoms with E-state index in [2.05, 4.69) is 21.7 Å². The fraction of sp³-hybridized carbons (Fsp3) is 0.0952. The highest BCUT2D eigenvalue weighted by Crippen LogP contribution is 2.18. The van der Waals surface area contributed by atoms with Gasteiger partial charge in [0.2, 0.25) is 0 Å². The molecule has 0 aliphatic heterocycles. The summed E-state index contributed by atoms with van der Waals surface area (Å²) in [5.74, 6) is 1.13. The molecule has 6 nitrogen and oxygen atoms in total. The summed E-state index contributed by atoms with van der Waals surface area (Å²) < 4.78 is 5.38. The molecule has 1 amide bonds. The molecule has 0 aliphatic rings. The third kappa shape index (κ3) is 4.83. The van der Waals surface area contributed by atoms with E-state index in [0.29, 0.717) is 29.2 Å². The van der Waals surface area contributed by atoms with Crippen LogP contribution in [0.2, 0.25) is 0 Å². The van der Waals surface area contributed by atoms with E-state index in [0.717, 1.165) is 11.4 Å². The fourth-order valence-corrected chi connectivity index (χ4v) is 2.38. The maximum atomic E-state index is 12.3. The molecule has 3 rings (SSSR count). The van der Waals surface area contributed by atoms with Crippen LogP contribution in [0.4, 0.5) is 17.2 Å². The second-order valence-electron chi connectivity index (χ2n) is 5.66. The number of carbonyl (C=O) groups excluding carboxylic acids is 1. The van der Waals surface area contributed by atoms with E-state index in [-0.39, 0.29) is 5.91 Å². The number of aromatic nitrogens is 1. The Hall–Kier alpha value is -3.85. The van der Waals surface area contributed by atoms with Crippen LogP contribution in [0.25, 0.3) is 0 Å². The van der Waals surface area contributed by atoms with Crippen LogP contribution < -0.4 is 15.4 Å². The van der Waals surface area contributed by atoms with Crippen molar-refractivity contribution in [3.8, 4) is 11.8 Å². The molecular formula is C21H18N4O2. The van der Waals surface area contributed by atoms with Crippen molar-refractivity contribution in [3.63, 3.8) is 0 Å². The summed E-state index contributed by atoms with van der Waals surface area (Å²) >= 11 is 0. The van der Waals surface area contributed by atoms with Gasteiger partial charge in [-0.1, -0.05) is 0 Å². The number of ether oxygens (including phenoxy) is 1. The summed E-state index contributed by atoms with van der Waals surface area (Å²) in [7, 11) is 0. The van der Waals surface area contributed by atoms with Gasteiger partial charge in [0.05, 0.1) is 23.8 Å². The molecule has 1 aromatic heterocycles. The number of amides is 1. The standard InChI is InChI=1S/C21H18N4O2/c1-2-27-19-10-8-18(9-11-19)25-21(26)16-5-12-20(23-14-16)24-17-6-3-15(13-22)4-7-17/h3-12,14H,2H2,1H3,(H,23,24)(H,25,26). The zero-order valence-electron chi connectivity index (χ0n) is 14.8. The highest BCUT2D eigenvalue weighted by Gasteiger charge is 2.07. The van der Waals surface area contributed by atoms with Crippen LogP contribution in [0.15, 0.2) is 66.9 Å². The lowest BCUT2D eigenvalue weighted by Crippen LogP contribution is -2.12. The van der Waals surface area contributed by atoms with Gasteiger partial charge in [0, 0.05) is 17.6 Å². The van der Waals surface area contributed by atoms with Gasteiger partial charge in [0.1, 0.15) is 11.6 Å². The molecule has 2 aromatic carbocycles. The number of rotatable bonds is 6. The molecule has 0 radical (unpaired) electrons. The van der Waals surface area contributed by atoms with Crippen molar-refractivity contribution in [2.45, 2.75) is 6.92 Å². The van der Waals surface area contributed by atoms with Crippen LogP contribution in [0, 0.1) is 11.3 Å². The number of nitrogens with one attached hydrogen (secondary N) is 2. The summed E-state index contributed by atoms with van der Waals surface area (Å²) in [4.78, 5) is 16.6. The molecule has 0 spiro atoms. The number of nitriles is 1. The molecule has 2 N–H and O–H groups in total. The monoisotopic (exact) mass is 358 g/mol. The number of benzene rings is 2. The average Bonchev–Trinajstić information content (AvgIpc) is 2.71. The van der Waals surface area contributed by atoms with Gasteiger partial charge >= 0.3 is 0 Å². The Bertz CT molecular complexity index is 943. The summed E-state index contributed by atoms with van der Waals surface area (Å²) in [6.07, 6.45) is 1.51. The lowest BCUT2D eigenvalue weighted by atomic mass is 10.2. The molecule has 0 saturated carbocycles. The molecule has 0 aliphatic carbocycles. The quantitative estimate of drug-likeness (QED) is 0.684. The molecule has 27 heavy (non-hydrogen) atoms. The number of anilines is 3. The van der Waals surface area contributed by atoms with Crippen molar-refractivity contribution in [2.24, 2.45) is 0 Å². The predicted octanol–water partition coefficient (Wildman–Crippen LogP) is 4.35. The SMILES string of the molecule is CCOc1ccc(NC(=O)c2ccc(Nc3ccc(C#N)cc3)nc2)cc1. The minimum Gasteiger partial charge on any atom is -0.494 e. The first kappa shape index (κ1) is 18.0. The number of hydrogen-bond acceptors (Lipinski definition) is 5. The number of nitrogens with zero attached hydrogens (tertiary/aromatic N) is 2. The minimum atomic E-state index is -0.239. The fourth-order valence-electron chi connectivity index (χ4n) is 2.38. The Kier molecular flexibility index (Phi) is 5.65. The van der Waals surface area contributed by atoms with Gasteiger partial charge in [0.15, 0.2) is 0 Å². The van der Waals surface area contributed by atoms with Crippen LogP contribution in [0.5, 0.6) is 5.75 Å². The number of pyridine rings is 1. The molecule has 6 heteroatoms. The van der Waals surface area contributed by atoms with Gasteiger partial charge in [-0.05, 0) is 67.6 Å². The third-order valence-corrected chi connectivity index (χ3v) is 3.74. The highest BCUT2D eigenvalue weighted by atomic mass is 16.5. The van der Waals surface area contributed by atoms with Gasteiger partial charge in [0.25, 0.3) is 5.91 Å². The Morgan fingerprint density at radius 1 is 1.04 bits per heavy atom. The highest BCUT2D eigenvalue weighted by molar-refractivity contribution is 6.04. The van der Waals surface area contributed by atoms with Crippen molar-refractivity contribution in [1.29, 1.82) is 5.26 Å². The topological polar surface area (TPSA) is 87.0 Å². The van der Waals surface area contributed by atoms with Crippen LogP contribution in [0.3, 0.4) is 0 Å². The van der Waals surface area contributed by atoms with Crippen LogP contribution >= 0.6 is 0 Å². The van der Waals surface area contributed by atoms with Crippen molar-refractivity contribution in [3.05, 3.63) is 78.0 Å². The average molecular weight is 358 g/mol. The third-order valence-electron chi connectivity index (χ3n) is 3.74. The van der Waals surface area contributed by atoms with E-state index in [1.165, 1.54) is 6.20 Å². The predicted molar refractivity (Wildman–Crippen MR) is 104 cm³/mol. The van der Waals surface area contributed by atoms with Gasteiger partial charge in [-0.25, -0.2) is 4.98 Å². The maximum absolute atomic E-state index is 12.3. The van der Waals surface area contributed by atoms with Gasteiger partial charge in [-0.2, -0.15) is 5.26 Å². The van der Waals surface area contributed by atoms with E-state index >= 15 is 0 Å². The molecule has 1 heterocycles. The summed E-state index contributed by atoms with van der Waals surface area (Å²) in [6, 6.07) is 19.7. The van der Waals surface area contributed by atoms with Crippen molar-refractivity contribution in [2.75, 3.05) is 17.2 Å². The molecule has 0 atom stereocenters. The molecule has 134 valence electrons.